The van der Waals surface area contributed by atoms with Crippen LogP contribution in [0.4, 0.5) is 0 Å². The minimum absolute atomic E-state index is 0.0606. The second-order valence-corrected chi connectivity index (χ2v) is 6.60. The number of carboxylic acid groups (broad SMARTS) is 1. The zero-order chi connectivity index (χ0) is 13.1. The van der Waals surface area contributed by atoms with Crippen LogP contribution in [0.25, 0.3) is 0 Å². The fourth-order valence-electron chi connectivity index (χ4n) is 1.53. The van der Waals surface area contributed by atoms with Crippen molar-refractivity contribution in [1.82, 2.24) is 4.90 Å². The van der Waals surface area contributed by atoms with Gasteiger partial charge >= 0.3 is 5.97 Å². The molecule has 0 unspecified atom stereocenters. The molecule has 0 aromatic rings. The van der Waals surface area contributed by atoms with Crippen molar-refractivity contribution < 1.29 is 23.1 Å². The summed E-state index contributed by atoms with van der Waals surface area (Å²) in [6.45, 7) is 0.169. The SMILES string of the molecule is CS(=O)(=O)CCC(=O)N(CCC(=O)O)C1CC1. The van der Waals surface area contributed by atoms with Gasteiger partial charge in [0.05, 0.1) is 12.2 Å². The molecule has 1 N–H and O–H groups in total. The van der Waals surface area contributed by atoms with Gasteiger partial charge in [-0.25, -0.2) is 8.42 Å². The summed E-state index contributed by atoms with van der Waals surface area (Å²) in [4.78, 5) is 23.7. The van der Waals surface area contributed by atoms with E-state index in [1.54, 1.807) is 0 Å². The third kappa shape index (κ3) is 5.67. The molecule has 0 saturated heterocycles. The first kappa shape index (κ1) is 14.0. The topological polar surface area (TPSA) is 91.8 Å². The molecule has 17 heavy (non-hydrogen) atoms. The van der Waals surface area contributed by atoms with E-state index in [-0.39, 0.29) is 37.1 Å². The largest absolute Gasteiger partial charge is 0.481 e. The zero-order valence-corrected chi connectivity index (χ0v) is 10.6. The number of hydrogen-bond acceptors (Lipinski definition) is 4. The first-order valence-corrected chi connectivity index (χ1v) is 7.54. The van der Waals surface area contributed by atoms with Gasteiger partial charge in [0.15, 0.2) is 0 Å². The highest BCUT2D eigenvalue weighted by molar-refractivity contribution is 7.90. The molecule has 7 heteroatoms. The summed E-state index contributed by atoms with van der Waals surface area (Å²) in [6, 6.07) is 0.112. The van der Waals surface area contributed by atoms with Gasteiger partial charge in [-0.05, 0) is 12.8 Å². The third-order valence-electron chi connectivity index (χ3n) is 2.56. The van der Waals surface area contributed by atoms with Crippen LogP contribution in [0.1, 0.15) is 25.7 Å². The summed E-state index contributed by atoms with van der Waals surface area (Å²) in [6.07, 6.45) is 2.68. The maximum atomic E-state index is 11.8. The maximum Gasteiger partial charge on any atom is 0.305 e. The second kappa shape index (κ2) is 5.48. The number of aliphatic carboxylic acids is 1. The Kier molecular flexibility index (Phi) is 4.50. The standard InChI is InChI=1S/C10H17NO5S/c1-17(15,16)7-5-9(12)11(8-2-3-8)6-4-10(13)14/h8H,2-7H2,1H3,(H,13,14). The Morgan fingerprint density at radius 1 is 1.29 bits per heavy atom. The van der Waals surface area contributed by atoms with Crippen molar-refractivity contribution in [2.75, 3.05) is 18.6 Å². The van der Waals surface area contributed by atoms with Crippen molar-refractivity contribution in [3.63, 3.8) is 0 Å². The molecule has 0 atom stereocenters. The number of hydrogen-bond donors (Lipinski definition) is 1. The average molecular weight is 263 g/mol. The molecule has 98 valence electrons. The van der Waals surface area contributed by atoms with Crippen LogP contribution >= 0.6 is 0 Å². The molecule has 1 amide bonds. The smallest absolute Gasteiger partial charge is 0.305 e. The van der Waals surface area contributed by atoms with E-state index in [9.17, 15) is 18.0 Å². The van der Waals surface area contributed by atoms with Crippen LogP contribution in [0.3, 0.4) is 0 Å². The summed E-state index contributed by atoms with van der Waals surface area (Å²) in [5.41, 5.74) is 0. The van der Waals surface area contributed by atoms with Gasteiger partial charge in [-0.15, -0.1) is 0 Å². The molecule has 0 radical (unpaired) electrons. The van der Waals surface area contributed by atoms with Crippen LogP contribution in [0.2, 0.25) is 0 Å². The summed E-state index contributed by atoms with van der Waals surface area (Å²) in [5.74, 6) is -1.40. The van der Waals surface area contributed by atoms with Gasteiger partial charge in [0.1, 0.15) is 9.84 Å². The van der Waals surface area contributed by atoms with Crippen LogP contribution in [-0.4, -0.2) is 54.9 Å². The van der Waals surface area contributed by atoms with E-state index in [1.807, 2.05) is 0 Å². The predicted molar refractivity (Wildman–Crippen MR) is 61.3 cm³/mol. The second-order valence-electron chi connectivity index (χ2n) is 4.34. The Balaban J connectivity index is 2.46. The van der Waals surface area contributed by atoms with E-state index in [2.05, 4.69) is 0 Å². The first-order valence-electron chi connectivity index (χ1n) is 5.48. The van der Waals surface area contributed by atoms with Crippen molar-refractivity contribution >= 4 is 21.7 Å². The molecule has 6 nitrogen and oxygen atoms in total. The normalized spacial score (nSPS) is 15.6. The molecular formula is C10H17NO5S. The van der Waals surface area contributed by atoms with E-state index in [1.165, 1.54) is 4.90 Å². The molecule has 0 spiro atoms. The van der Waals surface area contributed by atoms with E-state index in [4.69, 9.17) is 5.11 Å². The van der Waals surface area contributed by atoms with Crippen molar-refractivity contribution in [3.8, 4) is 0 Å². The van der Waals surface area contributed by atoms with Gasteiger partial charge in [0.2, 0.25) is 5.91 Å². The number of amides is 1. The molecule has 1 fully saturated rings. The number of sulfone groups is 1. The first-order chi connectivity index (χ1) is 7.79. The summed E-state index contributed by atoms with van der Waals surface area (Å²) < 4.78 is 21.9. The number of rotatable bonds is 7. The summed E-state index contributed by atoms with van der Waals surface area (Å²) in [5, 5.41) is 8.57. The van der Waals surface area contributed by atoms with E-state index in [0.29, 0.717) is 0 Å². The minimum Gasteiger partial charge on any atom is -0.481 e. The van der Waals surface area contributed by atoms with Crippen molar-refractivity contribution in [3.05, 3.63) is 0 Å². The number of carboxylic acids is 1. The Hall–Kier alpha value is -1.11. The summed E-state index contributed by atoms with van der Waals surface area (Å²) in [7, 11) is -3.15. The van der Waals surface area contributed by atoms with Gasteiger partial charge in [0, 0.05) is 25.3 Å². The van der Waals surface area contributed by atoms with Gasteiger partial charge in [0.25, 0.3) is 0 Å². The molecule has 0 aromatic carbocycles. The maximum absolute atomic E-state index is 11.8. The molecule has 0 aromatic heterocycles. The van der Waals surface area contributed by atoms with E-state index in [0.717, 1.165) is 19.1 Å². The van der Waals surface area contributed by atoms with Crippen LogP contribution < -0.4 is 0 Å². The fraction of sp³-hybridized carbons (Fsp3) is 0.800. The highest BCUT2D eigenvalue weighted by atomic mass is 32.2. The zero-order valence-electron chi connectivity index (χ0n) is 9.76. The Morgan fingerprint density at radius 2 is 1.88 bits per heavy atom. The van der Waals surface area contributed by atoms with E-state index >= 15 is 0 Å². The lowest BCUT2D eigenvalue weighted by Gasteiger charge is -2.21. The lowest BCUT2D eigenvalue weighted by atomic mass is 10.3. The highest BCUT2D eigenvalue weighted by Crippen LogP contribution is 2.27. The monoisotopic (exact) mass is 263 g/mol. The van der Waals surface area contributed by atoms with Crippen molar-refractivity contribution in [1.29, 1.82) is 0 Å². The van der Waals surface area contributed by atoms with Gasteiger partial charge in [-0.1, -0.05) is 0 Å². The molecular weight excluding hydrogens is 246 g/mol. The number of nitrogens with zero attached hydrogens (tertiary/aromatic N) is 1. The lowest BCUT2D eigenvalue weighted by molar-refractivity contribution is -0.138. The Morgan fingerprint density at radius 3 is 2.29 bits per heavy atom. The predicted octanol–water partition coefficient (Wildman–Crippen LogP) is -0.113. The van der Waals surface area contributed by atoms with Gasteiger partial charge in [-0.2, -0.15) is 0 Å². The fourth-order valence-corrected chi connectivity index (χ4v) is 2.07. The number of carbonyl (C=O) groups excluding carboxylic acids is 1. The van der Waals surface area contributed by atoms with Crippen molar-refractivity contribution in [2.24, 2.45) is 0 Å². The van der Waals surface area contributed by atoms with Gasteiger partial charge < -0.3 is 10.0 Å². The Labute approximate surface area is 101 Å². The van der Waals surface area contributed by atoms with Gasteiger partial charge in [-0.3, -0.25) is 9.59 Å². The Bertz CT molecular complexity index is 399. The van der Waals surface area contributed by atoms with Crippen LogP contribution in [0.15, 0.2) is 0 Å². The van der Waals surface area contributed by atoms with Crippen LogP contribution in [0, 0.1) is 0 Å². The average Bonchev–Trinajstić information content (AvgIpc) is 2.97. The minimum atomic E-state index is -3.15. The molecule has 0 aliphatic heterocycles. The van der Waals surface area contributed by atoms with Crippen molar-refractivity contribution in [2.45, 2.75) is 31.7 Å². The third-order valence-corrected chi connectivity index (χ3v) is 3.51. The van der Waals surface area contributed by atoms with Crippen LogP contribution in [0.5, 0.6) is 0 Å². The molecule has 1 aliphatic rings. The van der Waals surface area contributed by atoms with E-state index < -0.39 is 15.8 Å². The molecule has 0 bridgehead atoms. The highest BCUT2D eigenvalue weighted by Gasteiger charge is 2.32. The summed E-state index contributed by atoms with van der Waals surface area (Å²) >= 11 is 0. The molecule has 0 heterocycles. The molecule has 1 saturated carbocycles. The van der Waals surface area contributed by atoms with Crippen LogP contribution in [-0.2, 0) is 19.4 Å². The lowest BCUT2D eigenvalue weighted by Crippen LogP contribution is -2.35. The quantitative estimate of drug-likeness (QED) is 0.691. The molecule has 1 rings (SSSR count). The number of carbonyl (C=O) groups is 2. The molecule has 1 aliphatic carbocycles.